The van der Waals surface area contributed by atoms with Gasteiger partial charge in [0.05, 0.1) is 25.8 Å². The van der Waals surface area contributed by atoms with Crippen LogP contribution in [0.2, 0.25) is 0 Å². The summed E-state index contributed by atoms with van der Waals surface area (Å²) in [5.74, 6) is 1.14. The number of carbonyl (C=O) groups is 1. The van der Waals surface area contributed by atoms with E-state index in [1.807, 2.05) is 0 Å². The maximum atomic E-state index is 11.1. The van der Waals surface area contributed by atoms with Gasteiger partial charge in [0.15, 0.2) is 17.8 Å². The maximum Gasteiger partial charge on any atom is 0.171 e. The Labute approximate surface area is 132 Å². The van der Waals surface area contributed by atoms with Crippen LogP contribution >= 0.6 is 0 Å². The van der Waals surface area contributed by atoms with Crippen LogP contribution in [0.15, 0.2) is 18.2 Å². The fourth-order valence-electron chi connectivity index (χ4n) is 3.03. The summed E-state index contributed by atoms with van der Waals surface area (Å²) in [6, 6.07) is 5.33. The van der Waals surface area contributed by atoms with Gasteiger partial charge in [-0.25, -0.2) is 0 Å². The molecule has 1 aromatic carbocycles. The van der Waals surface area contributed by atoms with E-state index < -0.39 is 0 Å². The van der Waals surface area contributed by atoms with Crippen LogP contribution in [0.4, 0.5) is 0 Å². The van der Waals surface area contributed by atoms with Crippen LogP contribution in [0.5, 0.6) is 11.5 Å². The molecule has 2 atom stereocenters. The van der Waals surface area contributed by atoms with Crippen molar-refractivity contribution in [3.8, 4) is 11.5 Å². The summed E-state index contributed by atoms with van der Waals surface area (Å²) in [5.41, 5.74) is 0.528. The van der Waals surface area contributed by atoms with Crippen LogP contribution in [0.3, 0.4) is 0 Å². The lowest BCUT2D eigenvalue weighted by Gasteiger charge is -2.32. The molecule has 0 unspecified atom stereocenters. The molecule has 1 aromatic rings. The molecule has 1 saturated heterocycles. The molecular weight excluding hydrogens is 282 g/mol. The van der Waals surface area contributed by atoms with Crippen LogP contribution in [0.1, 0.15) is 30.6 Å². The number of ether oxygens (including phenoxy) is 3. The van der Waals surface area contributed by atoms with E-state index in [1.54, 1.807) is 30.2 Å². The predicted molar refractivity (Wildman–Crippen MR) is 84.1 cm³/mol. The number of methoxy groups -OCH3 is 1. The summed E-state index contributed by atoms with van der Waals surface area (Å²) >= 11 is 0. The molecule has 0 aliphatic carbocycles. The van der Waals surface area contributed by atoms with Crippen LogP contribution in [-0.2, 0) is 4.74 Å². The molecule has 0 saturated carbocycles. The Bertz CT molecular complexity index is 482. The Morgan fingerprint density at radius 1 is 1.32 bits per heavy atom. The van der Waals surface area contributed by atoms with Crippen molar-refractivity contribution < 1.29 is 23.9 Å². The molecule has 0 bridgehead atoms. The Morgan fingerprint density at radius 2 is 2.05 bits per heavy atom. The molecule has 0 aromatic heterocycles. The van der Waals surface area contributed by atoms with Crippen LogP contribution in [0.25, 0.3) is 0 Å². The third kappa shape index (κ3) is 4.45. The van der Waals surface area contributed by atoms with Gasteiger partial charge in [0.2, 0.25) is 0 Å². The Kier molecular flexibility index (Phi) is 6.21. The van der Waals surface area contributed by atoms with Gasteiger partial charge < -0.3 is 19.1 Å². The minimum atomic E-state index is 0.315. The van der Waals surface area contributed by atoms with E-state index in [0.717, 1.165) is 32.3 Å². The van der Waals surface area contributed by atoms with E-state index in [2.05, 4.69) is 13.8 Å². The van der Waals surface area contributed by atoms with Gasteiger partial charge in [0.1, 0.15) is 25.3 Å². The largest absolute Gasteiger partial charge is 0.493 e. The van der Waals surface area contributed by atoms with Crippen molar-refractivity contribution in [2.45, 2.75) is 32.5 Å². The predicted octanol–water partition coefficient (Wildman–Crippen LogP) is 0.969. The molecule has 1 aliphatic rings. The van der Waals surface area contributed by atoms with Crippen molar-refractivity contribution in [3.05, 3.63) is 23.8 Å². The Balaban J connectivity index is 1.83. The van der Waals surface area contributed by atoms with Crippen molar-refractivity contribution in [1.29, 1.82) is 0 Å². The first-order chi connectivity index (χ1) is 10.6. The average Bonchev–Trinajstić information content (AvgIpc) is 2.50. The summed E-state index contributed by atoms with van der Waals surface area (Å²) in [6.45, 7) is 7.95. The van der Waals surface area contributed by atoms with Crippen LogP contribution < -0.4 is 14.4 Å². The molecule has 0 amide bonds. The summed E-state index contributed by atoms with van der Waals surface area (Å²) in [6.07, 6.45) is 2.37. The summed E-state index contributed by atoms with van der Waals surface area (Å²) in [5, 5.41) is 0. The summed E-state index contributed by atoms with van der Waals surface area (Å²) in [7, 11) is 1.58. The minimum Gasteiger partial charge on any atom is -0.493 e. The van der Waals surface area contributed by atoms with E-state index in [-0.39, 0.29) is 0 Å². The zero-order valence-electron chi connectivity index (χ0n) is 13.6. The fourth-order valence-corrected chi connectivity index (χ4v) is 3.03. The molecule has 0 spiro atoms. The smallest absolute Gasteiger partial charge is 0.171 e. The molecule has 1 fully saturated rings. The monoisotopic (exact) mass is 308 g/mol. The number of benzene rings is 1. The van der Waals surface area contributed by atoms with E-state index in [1.165, 1.54) is 0 Å². The van der Waals surface area contributed by atoms with Crippen molar-refractivity contribution >= 4 is 6.29 Å². The van der Waals surface area contributed by atoms with Crippen molar-refractivity contribution in [3.63, 3.8) is 0 Å². The molecule has 1 N–H and O–H groups in total. The zero-order valence-corrected chi connectivity index (χ0v) is 13.6. The first kappa shape index (κ1) is 16.8. The second-order valence-corrected chi connectivity index (χ2v) is 5.86. The highest BCUT2D eigenvalue weighted by Gasteiger charge is 2.25. The SMILES string of the molecule is COc1cccc(C=O)c1OCCC[NH+]1C[C@@H](C)O[C@H](C)C1. The third-order valence-corrected chi connectivity index (χ3v) is 3.89. The molecule has 1 heterocycles. The van der Waals surface area contributed by atoms with Crippen LogP contribution in [0, 0.1) is 0 Å². The van der Waals surface area contributed by atoms with Gasteiger partial charge in [-0.2, -0.15) is 0 Å². The Morgan fingerprint density at radius 3 is 2.68 bits per heavy atom. The third-order valence-electron chi connectivity index (χ3n) is 3.89. The summed E-state index contributed by atoms with van der Waals surface area (Å²) in [4.78, 5) is 12.6. The van der Waals surface area contributed by atoms with Gasteiger partial charge in [-0.05, 0) is 26.0 Å². The fraction of sp³-hybridized carbons (Fsp3) is 0.588. The first-order valence-electron chi connectivity index (χ1n) is 7.88. The number of quaternary nitrogens is 1. The number of morpholine rings is 1. The average molecular weight is 308 g/mol. The summed E-state index contributed by atoms with van der Waals surface area (Å²) < 4.78 is 16.8. The highest BCUT2D eigenvalue weighted by atomic mass is 16.5. The van der Waals surface area contributed by atoms with E-state index in [9.17, 15) is 4.79 Å². The van der Waals surface area contributed by atoms with Crippen LogP contribution in [-0.4, -0.2) is 51.8 Å². The van der Waals surface area contributed by atoms with E-state index >= 15 is 0 Å². The standard InChI is InChI=1S/C17H25NO4/c1-13-10-18(11-14(2)22-13)8-5-9-21-17-15(12-19)6-4-7-16(17)20-3/h4,6-7,12-14H,5,8-11H2,1-3H3/p+1/t13-,14-/m1/s1. The number of hydrogen-bond acceptors (Lipinski definition) is 4. The van der Waals surface area contributed by atoms with E-state index in [4.69, 9.17) is 14.2 Å². The maximum absolute atomic E-state index is 11.1. The van der Waals surface area contributed by atoms with E-state index in [0.29, 0.717) is 35.9 Å². The topological polar surface area (TPSA) is 49.2 Å². The lowest BCUT2D eigenvalue weighted by molar-refractivity contribution is -0.915. The molecular formula is C17H26NO4+. The quantitative estimate of drug-likeness (QED) is 0.602. The number of rotatable bonds is 7. The molecule has 22 heavy (non-hydrogen) atoms. The van der Waals surface area contributed by atoms with Crippen molar-refractivity contribution in [2.75, 3.05) is 33.4 Å². The van der Waals surface area contributed by atoms with Gasteiger partial charge in [0, 0.05) is 6.42 Å². The van der Waals surface area contributed by atoms with Gasteiger partial charge in [-0.15, -0.1) is 0 Å². The molecule has 5 heteroatoms. The number of hydrogen-bond donors (Lipinski definition) is 1. The highest BCUT2D eigenvalue weighted by molar-refractivity contribution is 5.81. The Hall–Kier alpha value is -1.59. The first-order valence-corrected chi connectivity index (χ1v) is 7.88. The van der Waals surface area contributed by atoms with Gasteiger partial charge in [0.25, 0.3) is 0 Å². The van der Waals surface area contributed by atoms with Crippen molar-refractivity contribution in [2.24, 2.45) is 0 Å². The molecule has 122 valence electrons. The molecule has 0 radical (unpaired) electrons. The lowest BCUT2D eigenvalue weighted by Crippen LogP contribution is -3.15. The van der Waals surface area contributed by atoms with Gasteiger partial charge in [-0.1, -0.05) is 6.07 Å². The van der Waals surface area contributed by atoms with Crippen molar-refractivity contribution in [1.82, 2.24) is 0 Å². The molecule has 5 nitrogen and oxygen atoms in total. The molecule has 2 rings (SSSR count). The highest BCUT2D eigenvalue weighted by Crippen LogP contribution is 2.29. The molecule has 1 aliphatic heterocycles. The second kappa shape index (κ2) is 8.15. The number of carbonyl (C=O) groups excluding carboxylic acids is 1. The zero-order chi connectivity index (χ0) is 15.9. The van der Waals surface area contributed by atoms with Gasteiger partial charge >= 0.3 is 0 Å². The number of para-hydroxylation sites is 1. The number of aldehydes is 1. The second-order valence-electron chi connectivity index (χ2n) is 5.86. The van der Waals surface area contributed by atoms with Gasteiger partial charge in [-0.3, -0.25) is 4.79 Å². The number of nitrogens with one attached hydrogen (secondary N) is 1. The minimum absolute atomic E-state index is 0.315. The normalized spacial score (nSPS) is 24.8. The lowest BCUT2D eigenvalue weighted by atomic mass is 10.2.